The van der Waals surface area contributed by atoms with Crippen molar-refractivity contribution in [3.63, 3.8) is 0 Å². The number of rotatable bonds is 4. The Bertz CT molecular complexity index is 1060. The van der Waals surface area contributed by atoms with Crippen LogP contribution in [0.25, 0.3) is 22.4 Å². The van der Waals surface area contributed by atoms with Gasteiger partial charge >= 0.3 is 0 Å². The highest BCUT2D eigenvalue weighted by atomic mass is 16.5. The van der Waals surface area contributed by atoms with Crippen molar-refractivity contribution in [1.82, 2.24) is 10.1 Å². The van der Waals surface area contributed by atoms with Gasteiger partial charge in [0.05, 0.1) is 17.4 Å². The van der Waals surface area contributed by atoms with E-state index in [4.69, 9.17) is 4.52 Å². The molecule has 1 N–H and O–H groups in total. The van der Waals surface area contributed by atoms with Crippen molar-refractivity contribution in [3.8, 4) is 22.4 Å². The topological polar surface area (TPSA) is 68.0 Å². The van der Waals surface area contributed by atoms with Gasteiger partial charge in [0.15, 0.2) is 0 Å². The number of carbonyl (C=O) groups is 1. The Hall–Kier alpha value is -3.73. The number of carbonyl (C=O) groups excluding carboxylic acids is 1. The van der Waals surface area contributed by atoms with Gasteiger partial charge in [-0.15, -0.1) is 0 Å². The fourth-order valence-electron chi connectivity index (χ4n) is 2.93. The number of nitrogens with zero attached hydrogens (tertiary/aromatic N) is 2. The molecule has 5 nitrogen and oxygen atoms in total. The van der Waals surface area contributed by atoms with Gasteiger partial charge in [-0.3, -0.25) is 9.78 Å². The van der Waals surface area contributed by atoms with E-state index >= 15 is 0 Å². The molecule has 2 aromatic carbocycles. The molecule has 0 unspecified atom stereocenters. The molecule has 132 valence electrons. The number of anilines is 1. The van der Waals surface area contributed by atoms with Gasteiger partial charge in [-0.2, -0.15) is 0 Å². The van der Waals surface area contributed by atoms with Crippen LogP contribution in [0, 0.1) is 6.92 Å². The molecule has 0 saturated heterocycles. The highest BCUT2D eigenvalue weighted by Crippen LogP contribution is 2.34. The Kier molecular flexibility index (Phi) is 4.49. The molecule has 0 bridgehead atoms. The zero-order chi connectivity index (χ0) is 18.6. The zero-order valence-corrected chi connectivity index (χ0v) is 14.7. The predicted molar refractivity (Wildman–Crippen MR) is 104 cm³/mol. The first-order valence-corrected chi connectivity index (χ1v) is 8.56. The van der Waals surface area contributed by atoms with Gasteiger partial charge < -0.3 is 9.84 Å². The van der Waals surface area contributed by atoms with Crippen molar-refractivity contribution in [2.45, 2.75) is 6.92 Å². The summed E-state index contributed by atoms with van der Waals surface area (Å²) >= 11 is 0. The number of pyridine rings is 1. The molecule has 0 saturated carbocycles. The van der Waals surface area contributed by atoms with Gasteiger partial charge in [0, 0.05) is 17.3 Å². The summed E-state index contributed by atoms with van der Waals surface area (Å²) in [5.74, 6) is 0.557. The van der Waals surface area contributed by atoms with Crippen molar-refractivity contribution in [3.05, 3.63) is 90.4 Å². The number of amides is 1. The summed E-state index contributed by atoms with van der Waals surface area (Å²) in [5, 5.41) is 7.04. The molecule has 0 radical (unpaired) electrons. The van der Waals surface area contributed by atoms with E-state index in [2.05, 4.69) is 15.5 Å². The maximum Gasteiger partial charge on any atom is 0.255 e. The average Bonchev–Trinajstić information content (AvgIpc) is 3.11. The predicted octanol–water partition coefficient (Wildman–Crippen LogP) is 4.96. The maximum absolute atomic E-state index is 12.4. The number of aryl methyl sites for hydroxylation is 1. The lowest BCUT2D eigenvalue weighted by molar-refractivity contribution is 0.102. The highest BCUT2D eigenvalue weighted by molar-refractivity contribution is 6.04. The number of nitrogens with one attached hydrogen (secondary N) is 1. The Morgan fingerprint density at radius 3 is 2.41 bits per heavy atom. The second kappa shape index (κ2) is 7.25. The standard InChI is InChI=1S/C22H17N3O2/c1-15-20(21(25-27-15)17-6-3-2-4-7-17)16-9-11-18(12-10-16)22(26)24-19-8-5-13-23-14-19/h2-14H,1H3,(H,24,26). The third-order valence-corrected chi connectivity index (χ3v) is 4.27. The van der Waals surface area contributed by atoms with E-state index in [1.54, 1.807) is 36.7 Å². The summed E-state index contributed by atoms with van der Waals surface area (Å²) in [6, 6.07) is 20.9. The number of hydrogen-bond acceptors (Lipinski definition) is 4. The molecule has 1 amide bonds. The first kappa shape index (κ1) is 16.7. The summed E-state index contributed by atoms with van der Waals surface area (Å²) in [7, 11) is 0. The molecular weight excluding hydrogens is 338 g/mol. The SMILES string of the molecule is Cc1onc(-c2ccccc2)c1-c1ccc(C(=O)Nc2cccnc2)cc1. The Labute approximate surface area is 156 Å². The molecule has 4 rings (SSSR count). The largest absolute Gasteiger partial charge is 0.360 e. The lowest BCUT2D eigenvalue weighted by atomic mass is 9.98. The first-order valence-electron chi connectivity index (χ1n) is 8.56. The molecule has 2 heterocycles. The van der Waals surface area contributed by atoms with Gasteiger partial charge in [0.1, 0.15) is 11.5 Å². The van der Waals surface area contributed by atoms with E-state index in [0.717, 1.165) is 28.1 Å². The van der Waals surface area contributed by atoms with E-state index in [0.29, 0.717) is 11.3 Å². The fourth-order valence-corrected chi connectivity index (χ4v) is 2.93. The van der Waals surface area contributed by atoms with Crippen LogP contribution in [-0.2, 0) is 0 Å². The zero-order valence-electron chi connectivity index (χ0n) is 14.7. The molecule has 5 heteroatoms. The summed E-state index contributed by atoms with van der Waals surface area (Å²) in [6.07, 6.45) is 3.27. The third kappa shape index (κ3) is 3.48. The summed E-state index contributed by atoms with van der Waals surface area (Å²) in [4.78, 5) is 16.4. The Balaban J connectivity index is 1.62. The van der Waals surface area contributed by atoms with Gasteiger partial charge in [-0.05, 0) is 36.8 Å². The normalized spacial score (nSPS) is 10.6. The van der Waals surface area contributed by atoms with Gasteiger partial charge in [-0.25, -0.2) is 0 Å². The fraction of sp³-hybridized carbons (Fsp3) is 0.0455. The van der Waals surface area contributed by atoms with Crippen molar-refractivity contribution >= 4 is 11.6 Å². The minimum Gasteiger partial charge on any atom is -0.360 e. The van der Waals surface area contributed by atoms with Crippen LogP contribution in [0.2, 0.25) is 0 Å². The van der Waals surface area contributed by atoms with E-state index in [1.165, 1.54) is 0 Å². The molecule has 0 aliphatic rings. The molecule has 27 heavy (non-hydrogen) atoms. The minimum absolute atomic E-state index is 0.181. The molecular formula is C22H17N3O2. The molecule has 0 aliphatic heterocycles. The number of aromatic nitrogens is 2. The van der Waals surface area contributed by atoms with E-state index in [9.17, 15) is 4.79 Å². The second-order valence-corrected chi connectivity index (χ2v) is 6.10. The molecule has 0 fully saturated rings. The van der Waals surface area contributed by atoms with Crippen LogP contribution >= 0.6 is 0 Å². The van der Waals surface area contributed by atoms with Crippen molar-refractivity contribution in [2.75, 3.05) is 5.32 Å². The van der Waals surface area contributed by atoms with Crippen LogP contribution in [-0.4, -0.2) is 16.0 Å². The van der Waals surface area contributed by atoms with Gasteiger partial charge in [-0.1, -0.05) is 47.6 Å². The summed E-state index contributed by atoms with van der Waals surface area (Å²) < 4.78 is 5.42. The molecule has 4 aromatic rings. The van der Waals surface area contributed by atoms with Crippen LogP contribution < -0.4 is 5.32 Å². The van der Waals surface area contributed by atoms with Crippen LogP contribution in [0.3, 0.4) is 0 Å². The quantitative estimate of drug-likeness (QED) is 0.561. The Morgan fingerprint density at radius 1 is 0.926 bits per heavy atom. The van der Waals surface area contributed by atoms with E-state index < -0.39 is 0 Å². The third-order valence-electron chi connectivity index (χ3n) is 4.27. The van der Waals surface area contributed by atoms with Crippen molar-refractivity contribution in [2.24, 2.45) is 0 Å². The highest BCUT2D eigenvalue weighted by Gasteiger charge is 2.17. The maximum atomic E-state index is 12.4. The second-order valence-electron chi connectivity index (χ2n) is 6.10. The molecule has 0 spiro atoms. The molecule has 2 aromatic heterocycles. The van der Waals surface area contributed by atoms with E-state index in [-0.39, 0.29) is 5.91 Å². The van der Waals surface area contributed by atoms with Crippen molar-refractivity contribution in [1.29, 1.82) is 0 Å². The number of hydrogen-bond donors (Lipinski definition) is 1. The monoisotopic (exact) mass is 355 g/mol. The van der Waals surface area contributed by atoms with Crippen molar-refractivity contribution < 1.29 is 9.32 Å². The number of benzene rings is 2. The van der Waals surface area contributed by atoms with Crippen LogP contribution in [0.1, 0.15) is 16.1 Å². The first-order chi connectivity index (χ1) is 13.2. The van der Waals surface area contributed by atoms with Crippen LogP contribution in [0.5, 0.6) is 0 Å². The Morgan fingerprint density at radius 2 is 1.70 bits per heavy atom. The van der Waals surface area contributed by atoms with E-state index in [1.807, 2.05) is 49.4 Å². The summed E-state index contributed by atoms with van der Waals surface area (Å²) in [6.45, 7) is 1.89. The smallest absolute Gasteiger partial charge is 0.255 e. The average molecular weight is 355 g/mol. The van der Waals surface area contributed by atoms with Crippen LogP contribution in [0.15, 0.2) is 83.6 Å². The van der Waals surface area contributed by atoms with Gasteiger partial charge in [0.25, 0.3) is 5.91 Å². The minimum atomic E-state index is -0.181. The molecule has 0 atom stereocenters. The lowest BCUT2D eigenvalue weighted by Gasteiger charge is -2.07. The van der Waals surface area contributed by atoms with Crippen LogP contribution in [0.4, 0.5) is 5.69 Å². The van der Waals surface area contributed by atoms with Gasteiger partial charge in [0.2, 0.25) is 0 Å². The molecule has 0 aliphatic carbocycles. The summed E-state index contributed by atoms with van der Waals surface area (Å²) in [5.41, 5.74) is 4.89. The lowest BCUT2D eigenvalue weighted by Crippen LogP contribution is -2.11.